The van der Waals surface area contributed by atoms with Crippen molar-refractivity contribution in [3.63, 3.8) is 0 Å². The van der Waals surface area contributed by atoms with Crippen LogP contribution in [0, 0.1) is 0 Å². The molecule has 0 aliphatic heterocycles. The van der Waals surface area contributed by atoms with E-state index in [1.54, 1.807) is 0 Å². The first-order valence-corrected chi connectivity index (χ1v) is 6.50. The van der Waals surface area contributed by atoms with Gasteiger partial charge in [-0.1, -0.05) is 30.3 Å². The van der Waals surface area contributed by atoms with Gasteiger partial charge in [-0.15, -0.1) is 11.6 Å². The lowest BCUT2D eigenvalue weighted by Gasteiger charge is -2.13. The van der Waals surface area contributed by atoms with Gasteiger partial charge in [0.25, 0.3) is 0 Å². The molecule has 2 aromatic rings. The molecule has 0 aromatic heterocycles. The highest BCUT2D eigenvalue weighted by Crippen LogP contribution is 2.30. The second kappa shape index (κ2) is 6.18. The molecule has 0 bridgehead atoms. The highest BCUT2D eigenvalue weighted by Gasteiger charge is 2.29. The van der Waals surface area contributed by atoms with Crippen molar-refractivity contribution >= 4 is 17.3 Å². The molecular weight excluding hydrogens is 287 g/mol. The van der Waals surface area contributed by atoms with Gasteiger partial charge in [-0.05, 0) is 29.8 Å². The average molecular weight is 300 g/mol. The van der Waals surface area contributed by atoms with Crippen molar-refractivity contribution in [1.82, 2.24) is 0 Å². The third-order valence-electron chi connectivity index (χ3n) is 2.86. The van der Waals surface area contributed by atoms with Gasteiger partial charge in [0.1, 0.15) is 0 Å². The van der Waals surface area contributed by atoms with Crippen molar-refractivity contribution < 1.29 is 13.2 Å². The normalized spacial score (nSPS) is 13.0. The largest absolute Gasteiger partial charge is 0.416 e. The Hall–Kier alpha value is -1.68. The molecular formula is C15H13ClF3N. The summed E-state index contributed by atoms with van der Waals surface area (Å²) in [6.45, 7) is 0.441. The summed E-state index contributed by atoms with van der Waals surface area (Å²) in [5.74, 6) is 0. The number of hydrogen-bond acceptors (Lipinski definition) is 1. The summed E-state index contributed by atoms with van der Waals surface area (Å²) >= 11 is 6.22. The zero-order chi connectivity index (χ0) is 14.6. The molecule has 0 heterocycles. The minimum Gasteiger partial charge on any atom is -0.383 e. The molecule has 0 fully saturated rings. The van der Waals surface area contributed by atoms with Crippen LogP contribution in [0.5, 0.6) is 0 Å². The molecule has 2 aromatic carbocycles. The van der Waals surface area contributed by atoms with E-state index >= 15 is 0 Å². The maximum atomic E-state index is 12.4. The smallest absolute Gasteiger partial charge is 0.383 e. The Balaban J connectivity index is 1.94. The minimum absolute atomic E-state index is 0.238. The van der Waals surface area contributed by atoms with Crippen LogP contribution in [0.2, 0.25) is 0 Å². The molecule has 5 heteroatoms. The first kappa shape index (κ1) is 14.7. The molecule has 0 saturated carbocycles. The van der Waals surface area contributed by atoms with Gasteiger partial charge in [-0.2, -0.15) is 13.2 Å². The number of benzene rings is 2. The fourth-order valence-corrected chi connectivity index (χ4v) is 1.99. The molecule has 2 rings (SSSR count). The van der Waals surface area contributed by atoms with E-state index in [2.05, 4.69) is 5.32 Å². The maximum Gasteiger partial charge on any atom is 0.416 e. The van der Waals surface area contributed by atoms with Crippen molar-refractivity contribution in [2.24, 2.45) is 0 Å². The van der Waals surface area contributed by atoms with Crippen LogP contribution in [0.4, 0.5) is 18.9 Å². The van der Waals surface area contributed by atoms with Crippen LogP contribution >= 0.6 is 11.6 Å². The van der Waals surface area contributed by atoms with E-state index in [1.165, 1.54) is 12.1 Å². The van der Waals surface area contributed by atoms with Gasteiger partial charge in [0.15, 0.2) is 0 Å². The second-order valence-corrected chi connectivity index (χ2v) is 4.86. The van der Waals surface area contributed by atoms with Crippen molar-refractivity contribution in [2.75, 3.05) is 11.9 Å². The first-order chi connectivity index (χ1) is 9.47. The number of anilines is 1. The van der Waals surface area contributed by atoms with Gasteiger partial charge < -0.3 is 5.32 Å². The van der Waals surface area contributed by atoms with Crippen LogP contribution in [-0.4, -0.2) is 6.54 Å². The third kappa shape index (κ3) is 3.90. The van der Waals surface area contributed by atoms with E-state index in [-0.39, 0.29) is 5.38 Å². The standard InChI is InChI=1S/C15H13ClF3N/c16-14(11-4-2-1-3-5-11)10-20-13-8-6-12(7-9-13)15(17,18)19/h1-9,14,20H,10H2. The Morgan fingerprint density at radius 3 is 2.10 bits per heavy atom. The fourth-order valence-electron chi connectivity index (χ4n) is 1.76. The quantitative estimate of drug-likeness (QED) is 0.775. The Morgan fingerprint density at radius 2 is 1.55 bits per heavy atom. The van der Waals surface area contributed by atoms with Gasteiger partial charge in [-0.25, -0.2) is 0 Å². The van der Waals surface area contributed by atoms with E-state index < -0.39 is 11.7 Å². The maximum absolute atomic E-state index is 12.4. The Bertz CT molecular complexity index is 537. The van der Waals surface area contributed by atoms with Gasteiger partial charge in [0, 0.05) is 12.2 Å². The molecule has 20 heavy (non-hydrogen) atoms. The zero-order valence-electron chi connectivity index (χ0n) is 10.5. The molecule has 1 nitrogen and oxygen atoms in total. The van der Waals surface area contributed by atoms with Gasteiger partial charge in [0.2, 0.25) is 0 Å². The van der Waals surface area contributed by atoms with Crippen molar-refractivity contribution in [3.8, 4) is 0 Å². The van der Waals surface area contributed by atoms with Gasteiger partial charge in [-0.3, -0.25) is 0 Å². The molecule has 1 N–H and O–H groups in total. The van der Waals surface area contributed by atoms with Crippen LogP contribution < -0.4 is 5.32 Å². The van der Waals surface area contributed by atoms with Crippen molar-refractivity contribution in [2.45, 2.75) is 11.6 Å². The summed E-state index contributed by atoms with van der Waals surface area (Å²) in [6, 6.07) is 14.4. The van der Waals surface area contributed by atoms with E-state index in [1.807, 2.05) is 30.3 Å². The fraction of sp³-hybridized carbons (Fsp3) is 0.200. The summed E-state index contributed by atoms with van der Waals surface area (Å²) < 4.78 is 37.2. The van der Waals surface area contributed by atoms with Crippen LogP contribution in [0.1, 0.15) is 16.5 Å². The average Bonchev–Trinajstić information content (AvgIpc) is 2.45. The summed E-state index contributed by atoms with van der Waals surface area (Å²) in [5, 5.41) is 2.78. The van der Waals surface area contributed by atoms with Crippen LogP contribution in [0.25, 0.3) is 0 Å². The molecule has 0 spiro atoms. The SMILES string of the molecule is FC(F)(F)c1ccc(NCC(Cl)c2ccccc2)cc1. The highest BCUT2D eigenvalue weighted by atomic mass is 35.5. The molecule has 1 atom stereocenters. The van der Waals surface area contributed by atoms with E-state index in [0.717, 1.165) is 17.7 Å². The molecule has 106 valence electrons. The summed E-state index contributed by atoms with van der Waals surface area (Å²) in [7, 11) is 0. The Morgan fingerprint density at radius 1 is 0.950 bits per heavy atom. The molecule has 1 unspecified atom stereocenters. The highest BCUT2D eigenvalue weighted by molar-refractivity contribution is 6.21. The van der Waals surface area contributed by atoms with Gasteiger partial charge in [0.05, 0.1) is 10.9 Å². The van der Waals surface area contributed by atoms with E-state index in [9.17, 15) is 13.2 Å². The van der Waals surface area contributed by atoms with E-state index in [0.29, 0.717) is 12.2 Å². The monoisotopic (exact) mass is 299 g/mol. The molecule has 0 saturated heterocycles. The lowest BCUT2D eigenvalue weighted by molar-refractivity contribution is -0.137. The summed E-state index contributed by atoms with van der Waals surface area (Å²) in [4.78, 5) is 0. The minimum atomic E-state index is -4.31. The van der Waals surface area contributed by atoms with Crippen molar-refractivity contribution in [3.05, 3.63) is 65.7 Å². The molecule has 0 amide bonds. The lowest BCUT2D eigenvalue weighted by Crippen LogP contribution is -2.09. The summed E-state index contributed by atoms with van der Waals surface area (Å²) in [5.41, 5.74) is 0.918. The lowest BCUT2D eigenvalue weighted by atomic mass is 10.1. The van der Waals surface area contributed by atoms with Crippen LogP contribution in [-0.2, 0) is 6.18 Å². The molecule has 0 aliphatic rings. The second-order valence-electron chi connectivity index (χ2n) is 4.33. The Labute approximate surface area is 120 Å². The number of rotatable bonds is 4. The van der Waals surface area contributed by atoms with Gasteiger partial charge >= 0.3 is 6.18 Å². The predicted molar refractivity (Wildman–Crippen MR) is 75.0 cm³/mol. The number of nitrogens with one attached hydrogen (secondary N) is 1. The topological polar surface area (TPSA) is 12.0 Å². The number of hydrogen-bond donors (Lipinski definition) is 1. The van der Waals surface area contributed by atoms with E-state index in [4.69, 9.17) is 11.6 Å². The first-order valence-electron chi connectivity index (χ1n) is 6.07. The number of alkyl halides is 4. The number of halogens is 4. The molecule has 0 aliphatic carbocycles. The predicted octanol–water partition coefficient (Wildman–Crippen LogP) is 5.10. The van der Waals surface area contributed by atoms with Crippen molar-refractivity contribution in [1.29, 1.82) is 0 Å². The third-order valence-corrected chi connectivity index (χ3v) is 3.27. The Kier molecular flexibility index (Phi) is 4.55. The molecule has 0 radical (unpaired) electrons. The zero-order valence-corrected chi connectivity index (χ0v) is 11.2. The van der Waals surface area contributed by atoms with Crippen LogP contribution in [0.15, 0.2) is 54.6 Å². The summed E-state index contributed by atoms with van der Waals surface area (Å²) in [6.07, 6.45) is -4.31. The van der Waals surface area contributed by atoms with Crippen LogP contribution in [0.3, 0.4) is 0 Å².